The molecule has 0 aliphatic heterocycles. The maximum atomic E-state index is 5.84. The third-order valence-corrected chi connectivity index (χ3v) is 4.57. The molecule has 3 rings (SSSR count). The molecule has 3 heteroatoms. The second-order valence-electron chi connectivity index (χ2n) is 5.91. The predicted molar refractivity (Wildman–Crippen MR) is 83.0 cm³/mol. The summed E-state index contributed by atoms with van der Waals surface area (Å²) >= 11 is 0. The number of hydrogen-bond acceptors (Lipinski definition) is 3. The summed E-state index contributed by atoms with van der Waals surface area (Å²) in [4.78, 5) is 4.38. The standard InChI is InChI=1S/C17H23N3/c18-20-17(10-13-6-2-1-3-7-13)16-12-19-11-14-8-4-5-9-15(14)16/h4-5,8-9,11-13,17,20H,1-3,6-7,10,18H2. The zero-order valence-electron chi connectivity index (χ0n) is 11.9. The van der Waals surface area contributed by atoms with Gasteiger partial charge in [-0.2, -0.15) is 0 Å². The summed E-state index contributed by atoms with van der Waals surface area (Å²) in [5.41, 5.74) is 4.25. The Hall–Kier alpha value is -1.45. The number of pyridine rings is 1. The highest BCUT2D eigenvalue weighted by molar-refractivity contribution is 5.85. The molecule has 2 aromatic rings. The highest BCUT2D eigenvalue weighted by Crippen LogP contribution is 2.33. The van der Waals surface area contributed by atoms with Crippen molar-refractivity contribution >= 4 is 10.8 Å². The molecule has 3 N–H and O–H groups in total. The molecule has 1 atom stereocenters. The van der Waals surface area contributed by atoms with E-state index in [9.17, 15) is 0 Å². The van der Waals surface area contributed by atoms with Crippen LogP contribution in [-0.2, 0) is 0 Å². The number of nitrogens with two attached hydrogens (primary N) is 1. The summed E-state index contributed by atoms with van der Waals surface area (Å²) in [5, 5.41) is 2.45. The van der Waals surface area contributed by atoms with Crippen LogP contribution in [0.4, 0.5) is 0 Å². The van der Waals surface area contributed by atoms with Gasteiger partial charge in [0, 0.05) is 23.8 Å². The molecule has 0 radical (unpaired) electrons. The Morgan fingerprint density at radius 3 is 2.75 bits per heavy atom. The normalized spacial score (nSPS) is 18.2. The SMILES string of the molecule is NNC(CC1CCCCC1)c1cncc2ccccc12. The molecule has 1 aliphatic carbocycles. The first-order valence-electron chi connectivity index (χ1n) is 7.67. The Bertz CT molecular complexity index is 556. The van der Waals surface area contributed by atoms with E-state index in [0.717, 1.165) is 12.3 Å². The average molecular weight is 269 g/mol. The molecular weight excluding hydrogens is 246 g/mol. The number of hydrazine groups is 1. The van der Waals surface area contributed by atoms with Crippen molar-refractivity contribution in [2.24, 2.45) is 11.8 Å². The summed E-state index contributed by atoms with van der Waals surface area (Å²) < 4.78 is 0. The van der Waals surface area contributed by atoms with Crippen molar-refractivity contribution < 1.29 is 0 Å². The molecule has 3 nitrogen and oxygen atoms in total. The summed E-state index contributed by atoms with van der Waals surface area (Å²) in [5.74, 6) is 6.63. The van der Waals surface area contributed by atoms with Crippen LogP contribution in [0.3, 0.4) is 0 Å². The number of hydrogen-bond donors (Lipinski definition) is 2. The first kappa shape index (κ1) is 13.5. The van der Waals surface area contributed by atoms with Crippen molar-refractivity contribution in [2.75, 3.05) is 0 Å². The van der Waals surface area contributed by atoms with Crippen LogP contribution < -0.4 is 11.3 Å². The van der Waals surface area contributed by atoms with Gasteiger partial charge in [-0.1, -0.05) is 56.4 Å². The van der Waals surface area contributed by atoms with Gasteiger partial charge in [0.15, 0.2) is 0 Å². The van der Waals surface area contributed by atoms with Gasteiger partial charge in [-0.15, -0.1) is 0 Å². The first-order valence-corrected chi connectivity index (χ1v) is 7.67. The fourth-order valence-corrected chi connectivity index (χ4v) is 3.46. The van der Waals surface area contributed by atoms with Crippen LogP contribution in [0.15, 0.2) is 36.7 Å². The maximum Gasteiger partial charge on any atom is 0.0484 e. The fraction of sp³-hybridized carbons (Fsp3) is 0.471. The molecule has 0 saturated heterocycles. The fourth-order valence-electron chi connectivity index (χ4n) is 3.46. The molecule has 0 amide bonds. The molecule has 1 aromatic heterocycles. The lowest BCUT2D eigenvalue weighted by Crippen LogP contribution is -2.30. The van der Waals surface area contributed by atoms with E-state index in [1.807, 2.05) is 12.4 Å². The third-order valence-electron chi connectivity index (χ3n) is 4.57. The second-order valence-corrected chi connectivity index (χ2v) is 5.91. The van der Waals surface area contributed by atoms with Crippen molar-refractivity contribution in [1.82, 2.24) is 10.4 Å². The van der Waals surface area contributed by atoms with Crippen molar-refractivity contribution in [3.63, 3.8) is 0 Å². The number of aromatic nitrogens is 1. The smallest absolute Gasteiger partial charge is 0.0484 e. The number of nitrogens with zero attached hydrogens (tertiary/aromatic N) is 1. The van der Waals surface area contributed by atoms with Crippen molar-refractivity contribution in [2.45, 2.75) is 44.6 Å². The molecule has 1 fully saturated rings. The summed E-state index contributed by atoms with van der Waals surface area (Å²) in [7, 11) is 0. The molecule has 1 aromatic carbocycles. The second kappa shape index (κ2) is 6.33. The zero-order valence-corrected chi connectivity index (χ0v) is 11.9. The van der Waals surface area contributed by atoms with Gasteiger partial charge in [-0.3, -0.25) is 16.3 Å². The van der Waals surface area contributed by atoms with Gasteiger partial charge in [-0.05, 0) is 23.3 Å². The minimum atomic E-state index is 0.205. The van der Waals surface area contributed by atoms with E-state index in [2.05, 4.69) is 34.7 Å². The van der Waals surface area contributed by atoms with Crippen molar-refractivity contribution in [3.05, 3.63) is 42.2 Å². The average Bonchev–Trinajstić information content (AvgIpc) is 2.53. The minimum Gasteiger partial charge on any atom is -0.271 e. The first-order chi connectivity index (χ1) is 9.88. The van der Waals surface area contributed by atoms with Gasteiger partial charge in [0.05, 0.1) is 0 Å². The van der Waals surface area contributed by atoms with Gasteiger partial charge in [0.1, 0.15) is 0 Å². The van der Waals surface area contributed by atoms with E-state index < -0.39 is 0 Å². The number of benzene rings is 1. The molecular formula is C17H23N3. The number of fused-ring (bicyclic) bond motifs is 1. The lowest BCUT2D eigenvalue weighted by molar-refractivity contribution is 0.301. The molecule has 0 bridgehead atoms. The number of rotatable bonds is 4. The van der Waals surface area contributed by atoms with E-state index in [1.54, 1.807) is 0 Å². The predicted octanol–water partition coefficient (Wildman–Crippen LogP) is 3.71. The lowest BCUT2D eigenvalue weighted by atomic mass is 9.83. The molecule has 1 unspecified atom stereocenters. The van der Waals surface area contributed by atoms with E-state index in [-0.39, 0.29) is 6.04 Å². The number of nitrogens with one attached hydrogen (secondary N) is 1. The van der Waals surface area contributed by atoms with Gasteiger partial charge in [0.25, 0.3) is 0 Å². The van der Waals surface area contributed by atoms with Gasteiger partial charge < -0.3 is 0 Å². The monoisotopic (exact) mass is 269 g/mol. The van der Waals surface area contributed by atoms with Crippen LogP contribution in [0.5, 0.6) is 0 Å². The highest BCUT2D eigenvalue weighted by atomic mass is 15.2. The molecule has 1 aliphatic rings. The Morgan fingerprint density at radius 1 is 1.15 bits per heavy atom. The van der Waals surface area contributed by atoms with E-state index in [4.69, 9.17) is 5.84 Å². The van der Waals surface area contributed by atoms with Gasteiger partial charge in [0.2, 0.25) is 0 Å². The summed E-state index contributed by atoms with van der Waals surface area (Å²) in [6.45, 7) is 0. The zero-order chi connectivity index (χ0) is 13.8. The highest BCUT2D eigenvalue weighted by Gasteiger charge is 2.20. The van der Waals surface area contributed by atoms with E-state index in [0.29, 0.717) is 0 Å². The van der Waals surface area contributed by atoms with Crippen LogP contribution in [0.2, 0.25) is 0 Å². The van der Waals surface area contributed by atoms with Gasteiger partial charge in [-0.25, -0.2) is 0 Å². The molecule has 20 heavy (non-hydrogen) atoms. The summed E-state index contributed by atoms with van der Waals surface area (Å²) in [6.07, 6.45) is 11.8. The Balaban J connectivity index is 1.86. The Morgan fingerprint density at radius 2 is 1.95 bits per heavy atom. The van der Waals surface area contributed by atoms with Crippen molar-refractivity contribution in [3.8, 4) is 0 Å². The lowest BCUT2D eigenvalue weighted by Gasteiger charge is -2.26. The van der Waals surface area contributed by atoms with Crippen molar-refractivity contribution in [1.29, 1.82) is 0 Å². The van der Waals surface area contributed by atoms with E-state index in [1.165, 1.54) is 48.4 Å². The quantitative estimate of drug-likeness (QED) is 0.657. The molecule has 1 saturated carbocycles. The van der Waals surface area contributed by atoms with Crippen LogP contribution >= 0.6 is 0 Å². The van der Waals surface area contributed by atoms with Gasteiger partial charge >= 0.3 is 0 Å². The maximum absolute atomic E-state index is 5.84. The van der Waals surface area contributed by atoms with Crippen LogP contribution in [0.1, 0.15) is 50.1 Å². The third kappa shape index (κ3) is 2.84. The molecule has 1 heterocycles. The summed E-state index contributed by atoms with van der Waals surface area (Å²) in [6, 6.07) is 8.62. The van der Waals surface area contributed by atoms with Crippen LogP contribution in [0, 0.1) is 5.92 Å². The topological polar surface area (TPSA) is 50.9 Å². The van der Waals surface area contributed by atoms with E-state index >= 15 is 0 Å². The Labute approximate surface area is 120 Å². The molecule has 0 spiro atoms. The molecule has 106 valence electrons. The largest absolute Gasteiger partial charge is 0.271 e. The van der Waals surface area contributed by atoms with Crippen LogP contribution in [-0.4, -0.2) is 4.98 Å². The Kier molecular flexibility index (Phi) is 4.28. The van der Waals surface area contributed by atoms with Crippen LogP contribution in [0.25, 0.3) is 10.8 Å². The minimum absolute atomic E-state index is 0.205.